The molecule has 0 aromatic rings. The second-order valence-electron chi connectivity index (χ2n) is 11.5. The van der Waals surface area contributed by atoms with Crippen molar-refractivity contribution in [1.29, 1.82) is 0 Å². The first-order valence-electron chi connectivity index (χ1n) is 11.9. The van der Waals surface area contributed by atoms with Crippen LogP contribution < -0.4 is 5.32 Å². The minimum atomic E-state index is -0.173. The molecule has 1 saturated heterocycles. The van der Waals surface area contributed by atoms with Crippen molar-refractivity contribution >= 4 is 0 Å². The molecular formula is C24H41N2O2+. The van der Waals surface area contributed by atoms with Gasteiger partial charge in [0.25, 0.3) is 0 Å². The van der Waals surface area contributed by atoms with Crippen molar-refractivity contribution in [1.82, 2.24) is 5.32 Å². The summed E-state index contributed by atoms with van der Waals surface area (Å²) in [6.45, 7) is 9.50. The van der Waals surface area contributed by atoms with E-state index in [2.05, 4.69) is 32.3 Å². The lowest BCUT2D eigenvalue weighted by atomic mass is 9.46. The zero-order valence-electron chi connectivity index (χ0n) is 18.2. The minimum Gasteiger partial charge on any atom is -0.393 e. The molecule has 0 aromatic carbocycles. The van der Waals surface area contributed by atoms with E-state index in [0.717, 1.165) is 48.7 Å². The van der Waals surface area contributed by atoms with E-state index < -0.39 is 0 Å². The molecule has 3 N–H and O–H groups in total. The number of rotatable bonds is 1. The molecule has 0 bridgehead atoms. The fourth-order valence-corrected chi connectivity index (χ4v) is 8.79. The molecule has 0 spiro atoms. The monoisotopic (exact) mass is 389 g/mol. The second kappa shape index (κ2) is 6.54. The highest BCUT2D eigenvalue weighted by atomic mass is 16.3. The summed E-state index contributed by atoms with van der Waals surface area (Å²) in [7, 11) is 2.46. The van der Waals surface area contributed by atoms with Gasteiger partial charge in [-0.1, -0.05) is 18.6 Å². The molecule has 1 heterocycles. The van der Waals surface area contributed by atoms with Crippen molar-refractivity contribution in [2.24, 2.45) is 28.6 Å². The summed E-state index contributed by atoms with van der Waals surface area (Å²) < 4.78 is 1.12. The van der Waals surface area contributed by atoms with Gasteiger partial charge in [-0.2, -0.15) is 0 Å². The molecule has 158 valence electrons. The quantitative estimate of drug-likeness (QED) is 0.477. The zero-order valence-corrected chi connectivity index (χ0v) is 18.2. The summed E-state index contributed by atoms with van der Waals surface area (Å²) in [5, 5.41) is 25.1. The maximum absolute atomic E-state index is 10.8. The van der Waals surface area contributed by atoms with Gasteiger partial charge in [0.15, 0.2) is 0 Å². The van der Waals surface area contributed by atoms with E-state index in [0.29, 0.717) is 12.0 Å². The molecule has 5 rings (SSSR count). The Hall–Kier alpha value is -0.420. The third-order valence-corrected chi connectivity index (χ3v) is 10.5. The third kappa shape index (κ3) is 2.57. The molecule has 0 radical (unpaired) electrons. The van der Waals surface area contributed by atoms with Crippen LogP contribution in [0.5, 0.6) is 0 Å². The number of quaternary nitrogens is 1. The molecule has 3 saturated carbocycles. The molecule has 28 heavy (non-hydrogen) atoms. The molecule has 1 unspecified atom stereocenters. The highest BCUT2D eigenvalue weighted by Crippen LogP contribution is 2.65. The first kappa shape index (κ1) is 19.5. The third-order valence-electron chi connectivity index (χ3n) is 10.5. The van der Waals surface area contributed by atoms with Crippen LogP contribution in [-0.2, 0) is 0 Å². The van der Waals surface area contributed by atoms with Crippen LogP contribution >= 0.6 is 0 Å². The highest BCUT2D eigenvalue weighted by molar-refractivity contribution is 5.28. The lowest BCUT2D eigenvalue weighted by Gasteiger charge is -2.63. The van der Waals surface area contributed by atoms with Crippen LogP contribution in [0.1, 0.15) is 58.8 Å². The Bertz CT molecular complexity index is 657. The summed E-state index contributed by atoms with van der Waals surface area (Å²) in [5.74, 6) is 2.12. The van der Waals surface area contributed by atoms with Crippen molar-refractivity contribution in [3.8, 4) is 0 Å². The zero-order chi connectivity index (χ0) is 19.7. The van der Waals surface area contributed by atoms with Gasteiger partial charge in [0.1, 0.15) is 6.04 Å². The van der Waals surface area contributed by atoms with Crippen LogP contribution in [0.2, 0.25) is 0 Å². The van der Waals surface area contributed by atoms with Gasteiger partial charge in [-0.3, -0.25) is 0 Å². The number of hydrogen-bond donors (Lipinski definition) is 3. The molecule has 8 atom stereocenters. The van der Waals surface area contributed by atoms with Gasteiger partial charge in [0, 0.05) is 24.9 Å². The van der Waals surface area contributed by atoms with Gasteiger partial charge in [0.05, 0.1) is 32.3 Å². The summed E-state index contributed by atoms with van der Waals surface area (Å²) in [5.41, 5.74) is 1.92. The van der Waals surface area contributed by atoms with Crippen molar-refractivity contribution < 1.29 is 14.7 Å². The van der Waals surface area contributed by atoms with E-state index in [1.807, 2.05) is 0 Å². The number of piperazine rings is 1. The summed E-state index contributed by atoms with van der Waals surface area (Å²) in [6, 6.07) is 0.521. The number of allylic oxidation sites excluding steroid dienone is 1. The second-order valence-corrected chi connectivity index (χ2v) is 11.5. The van der Waals surface area contributed by atoms with Crippen molar-refractivity contribution in [3.63, 3.8) is 0 Å². The fourth-order valence-electron chi connectivity index (χ4n) is 8.79. The Labute approximate surface area is 171 Å². The normalized spacial score (nSPS) is 53.0. The van der Waals surface area contributed by atoms with Crippen molar-refractivity contribution in [3.05, 3.63) is 11.6 Å². The molecule has 4 aliphatic carbocycles. The Morgan fingerprint density at radius 1 is 1.07 bits per heavy atom. The van der Waals surface area contributed by atoms with Crippen LogP contribution in [0.25, 0.3) is 0 Å². The minimum absolute atomic E-state index is 0.0988. The average Bonchev–Trinajstić information content (AvgIpc) is 2.97. The van der Waals surface area contributed by atoms with Gasteiger partial charge in [-0.05, 0) is 68.6 Å². The number of nitrogens with one attached hydrogen (secondary N) is 1. The van der Waals surface area contributed by atoms with Gasteiger partial charge >= 0.3 is 0 Å². The van der Waals surface area contributed by atoms with Crippen LogP contribution in [0.15, 0.2) is 11.6 Å². The number of hydrogen-bond acceptors (Lipinski definition) is 3. The number of fused-ring (bicyclic) bond motifs is 5. The average molecular weight is 390 g/mol. The predicted octanol–water partition coefficient (Wildman–Crippen LogP) is 2.70. The molecule has 0 amide bonds. The first-order valence-corrected chi connectivity index (χ1v) is 11.9. The molecule has 4 nitrogen and oxygen atoms in total. The predicted molar refractivity (Wildman–Crippen MR) is 112 cm³/mol. The molecule has 4 heteroatoms. The molecule has 5 aliphatic rings. The topological polar surface area (TPSA) is 52.5 Å². The number of nitrogens with zero attached hydrogens (tertiary/aromatic N) is 1. The fraction of sp³-hybridized carbons (Fsp3) is 0.917. The van der Waals surface area contributed by atoms with E-state index in [-0.39, 0.29) is 23.0 Å². The molecule has 4 fully saturated rings. The first-order chi connectivity index (χ1) is 13.3. The van der Waals surface area contributed by atoms with Gasteiger partial charge in [0.2, 0.25) is 0 Å². The van der Waals surface area contributed by atoms with E-state index in [1.165, 1.54) is 38.8 Å². The Morgan fingerprint density at radius 2 is 1.82 bits per heavy atom. The Balaban J connectivity index is 1.54. The Kier molecular flexibility index (Phi) is 4.56. The van der Waals surface area contributed by atoms with Gasteiger partial charge in [-0.15, -0.1) is 0 Å². The Morgan fingerprint density at radius 3 is 2.57 bits per heavy atom. The number of aliphatic hydroxyl groups is 2. The van der Waals surface area contributed by atoms with E-state index >= 15 is 0 Å². The van der Waals surface area contributed by atoms with Gasteiger partial charge < -0.3 is 20.0 Å². The van der Waals surface area contributed by atoms with Crippen molar-refractivity contribution in [2.75, 3.05) is 33.2 Å². The lowest BCUT2D eigenvalue weighted by Crippen LogP contribution is -2.70. The SMILES string of the molecule is C[C@]12CC[C@H]3[C@@H](CC=C4C[C@@H](O)CC([N+]5(C)CCNCC5)[C@@]43C)[C@@H]1CC[C@@H]2O. The molecule has 1 aliphatic heterocycles. The summed E-state index contributed by atoms with van der Waals surface area (Å²) >= 11 is 0. The molecular weight excluding hydrogens is 348 g/mol. The van der Waals surface area contributed by atoms with Crippen LogP contribution in [0.4, 0.5) is 0 Å². The van der Waals surface area contributed by atoms with Crippen molar-refractivity contribution in [2.45, 2.75) is 77.0 Å². The standard InChI is InChI=1S/C24H41N2O2/c1-23-9-8-20-18(19(23)6-7-22(23)28)5-4-16-14-17(27)15-21(24(16,20)2)26(3)12-10-25-11-13-26/h4,17-22,25,27-28H,5-15H2,1-3H3/q+1/t17-,18+,19+,20+,21?,22+,23+,24+/m1/s1. The summed E-state index contributed by atoms with van der Waals surface area (Å²) in [4.78, 5) is 0. The maximum Gasteiger partial charge on any atom is 0.101 e. The van der Waals surface area contributed by atoms with Crippen LogP contribution in [0.3, 0.4) is 0 Å². The maximum atomic E-state index is 10.8. The van der Waals surface area contributed by atoms with E-state index in [9.17, 15) is 10.2 Å². The largest absolute Gasteiger partial charge is 0.393 e. The smallest absolute Gasteiger partial charge is 0.101 e. The number of likely N-dealkylation sites (N-methyl/N-ethyl adjacent to an activating group) is 1. The van der Waals surface area contributed by atoms with Crippen LogP contribution in [-0.4, -0.2) is 66.2 Å². The molecule has 0 aromatic heterocycles. The van der Waals surface area contributed by atoms with E-state index in [1.54, 1.807) is 5.57 Å². The number of aliphatic hydroxyl groups excluding tert-OH is 2. The lowest BCUT2D eigenvalue weighted by molar-refractivity contribution is -0.943. The van der Waals surface area contributed by atoms with Crippen LogP contribution in [0, 0.1) is 28.6 Å². The summed E-state index contributed by atoms with van der Waals surface area (Å²) in [6.07, 6.45) is 9.94. The van der Waals surface area contributed by atoms with Gasteiger partial charge in [-0.25, -0.2) is 0 Å². The highest BCUT2D eigenvalue weighted by Gasteiger charge is 2.63. The van der Waals surface area contributed by atoms with E-state index in [4.69, 9.17) is 0 Å².